The molecule has 0 saturated carbocycles. The highest BCUT2D eigenvalue weighted by molar-refractivity contribution is 5.59. The zero-order chi connectivity index (χ0) is 17.8. The molecule has 1 saturated heterocycles. The average Bonchev–Trinajstić information content (AvgIpc) is 3.17. The summed E-state index contributed by atoms with van der Waals surface area (Å²) in [6, 6.07) is 20.4. The Labute approximate surface area is 152 Å². The Morgan fingerprint density at radius 1 is 0.962 bits per heavy atom. The highest BCUT2D eigenvalue weighted by Crippen LogP contribution is 2.34. The Hall–Kier alpha value is -2.79. The Bertz CT molecular complexity index is 837. The highest BCUT2D eigenvalue weighted by atomic mass is 19.1. The van der Waals surface area contributed by atoms with Gasteiger partial charge in [0.05, 0.1) is 11.8 Å². The molecule has 2 aromatic carbocycles. The summed E-state index contributed by atoms with van der Waals surface area (Å²) in [6.45, 7) is 1.56. The molecular formula is C21H20FN3O. The second kappa shape index (κ2) is 7.62. The van der Waals surface area contributed by atoms with Crippen LogP contribution >= 0.6 is 0 Å². The minimum absolute atomic E-state index is 0.121. The molecule has 3 aromatic rings. The van der Waals surface area contributed by atoms with Crippen molar-refractivity contribution in [3.63, 3.8) is 0 Å². The third-order valence-electron chi connectivity index (χ3n) is 4.69. The first-order valence-corrected chi connectivity index (χ1v) is 8.80. The number of hydrogen-bond donors (Lipinski definition) is 1. The number of ether oxygens (including phenoxy) is 1. The SMILES string of the molecule is Fc1ccc(-c2ccc(NCC3CCOC3c3ccccc3)nn2)cc1. The van der Waals surface area contributed by atoms with Gasteiger partial charge in [-0.05, 0) is 48.4 Å². The van der Waals surface area contributed by atoms with Gasteiger partial charge in [0.2, 0.25) is 0 Å². The van der Waals surface area contributed by atoms with Crippen LogP contribution in [-0.2, 0) is 4.74 Å². The second-order valence-electron chi connectivity index (χ2n) is 6.44. The van der Waals surface area contributed by atoms with E-state index in [9.17, 15) is 4.39 Å². The summed E-state index contributed by atoms with van der Waals surface area (Å²) in [4.78, 5) is 0. The van der Waals surface area contributed by atoms with Crippen LogP contribution in [0.4, 0.5) is 10.2 Å². The largest absolute Gasteiger partial charge is 0.373 e. The summed E-state index contributed by atoms with van der Waals surface area (Å²) in [5, 5.41) is 11.8. The van der Waals surface area contributed by atoms with Crippen LogP contribution in [0.25, 0.3) is 11.3 Å². The molecule has 5 heteroatoms. The van der Waals surface area contributed by atoms with Gasteiger partial charge in [-0.15, -0.1) is 10.2 Å². The number of nitrogens with one attached hydrogen (secondary N) is 1. The topological polar surface area (TPSA) is 47.0 Å². The number of hydrogen-bond acceptors (Lipinski definition) is 4. The lowest BCUT2D eigenvalue weighted by atomic mass is 9.95. The van der Waals surface area contributed by atoms with E-state index < -0.39 is 0 Å². The summed E-state index contributed by atoms with van der Waals surface area (Å²) in [6.07, 6.45) is 1.14. The molecule has 4 nitrogen and oxygen atoms in total. The van der Waals surface area contributed by atoms with Crippen molar-refractivity contribution in [2.24, 2.45) is 5.92 Å². The zero-order valence-corrected chi connectivity index (χ0v) is 14.3. The van der Waals surface area contributed by atoms with Crippen LogP contribution in [0.1, 0.15) is 18.1 Å². The number of nitrogens with zero attached hydrogens (tertiary/aromatic N) is 2. The van der Waals surface area contributed by atoms with Crippen molar-refractivity contribution in [2.75, 3.05) is 18.5 Å². The lowest BCUT2D eigenvalue weighted by molar-refractivity contribution is 0.0933. The molecule has 2 heterocycles. The zero-order valence-electron chi connectivity index (χ0n) is 14.3. The number of anilines is 1. The average molecular weight is 349 g/mol. The number of aromatic nitrogens is 2. The number of benzene rings is 2. The Morgan fingerprint density at radius 2 is 1.77 bits per heavy atom. The van der Waals surface area contributed by atoms with Crippen molar-refractivity contribution in [3.05, 3.63) is 78.1 Å². The molecule has 26 heavy (non-hydrogen) atoms. The second-order valence-corrected chi connectivity index (χ2v) is 6.44. The summed E-state index contributed by atoms with van der Waals surface area (Å²) >= 11 is 0. The molecule has 1 N–H and O–H groups in total. The van der Waals surface area contributed by atoms with Gasteiger partial charge in [0.1, 0.15) is 11.6 Å². The molecule has 1 fully saturated rings. The van der Waals surface area contributed by atoms with Gasteiger partial charge < -0.3 is 10.1 Å². The van der Waals surface area contributed by atoms with E-state index >= 15 is 0 Å². The molecule has 4 rings (SSSR count). The molecule has 1 aliphatic rings. The lowest BCUT2D eigenvalue weighted by Gasteiger charge is -2.19. The maximum absolute atomic E-state index is 13.0. The maximum atomic E-state index is 13.0. The van der Waals surface area contributed by atoms with Crippen LogP contribution < -0.4 is 5.32 Å². The van der Waals surface area contributed by atoms with E-state index in [0.29, 0.717) is 5.92 Å². The third kappa shape index (κ3) is 3.73. The first-order valence-electron chi connectivity index (χ1n) is 8.80. The van der Waals surface area contributed by atoms with Crippen LogP contribution in [-0.4, -0.2) is 23.3 Å². The fraction of sp³-hybridized carbons (Fsp3) is 0.238. The van der Waals surface area contributed by atoms with Gasteiger partial charge in [0.25, 0.3) is 0 Å². The third-order valence-corrected chi connectivity index (χ3v) is 4.69. The molecular weight excluding hydrogens is 329 g/mol. The lowest BCUT2D eigenvalue weighted by Crippen LogP contribution is -2.18. The quantitative estimate of drug-likeness (QED) is 0.738. The molecule has 2 unspecified atom stereocenters. The highest BCUT2D eigenvalue weighted by Gasteiger charge is 2.29. The van der Waals surface area contributed by atoms with Gasteiger partial charge in [-0.25, -0.2) is 4.39 Å². The minimum Gasteiger partial charge on any atom is -0.373 e. The molecule has 0 amide bonds. The smallest absolute Gasteiger partial charge is 0.148 e. The first kappa shape index (κ1) is 16.7. The van der Waals surface area contributed by atoms with E-state index in [1.54, 1.807) is 12.1 Å². The number of halogens is 1. The van der Waals surface area contributed by atoms with Crippen molar-refractivity contribution in [2.45, 2.75) is 12.5 Å². The predicted molar refractivity (Wildman–Crippen MR) is 99.2 cm³/mol. The van der Waals surface area contributed by atoms with Gasteiger partial charge in [0.15, 0.2) is 0 Å². The van der Waals surface area contributed by atoms with E-state index in [1.807, 2.05) is 30.3 Å². The van der Waals surface area contributed by atoms with Gasteiger partial charge in [0, 0.05) is 24.6 Å². The van der Waals surface area contributed by atoms with Crippen LogP contribution in [0.3, 0.4) is 0 Å². The summed E-state index contributed by atoms with van der Waals surface area (Å²) in [7, 11) is 0. The Kier molecular flexibility index (Phi) is 4.88. The normalized spacial score (nSPS) is 19.4. The summed E-state index contributed by atoms with van der Waals surface area (Å²) in [5.74, 6) is 0.872. The molecule has 0 radical (unpaired) electrons. The fourth-order valence-corrected chi connectivity index (χ4v) is 3.29. The maximum Gasteiger partial charge on any atom is 0.148 e. The van der Waals surface area contributed by atoms with Crippen LogP contribution in [0.15, 0.2) is 66.7 Å². The fourth-order valence-electron chi connectivity index (χ4n) is 3.29. The molecule has 0 aliphatic carbocycles. The van der Waals surface area contributed by atoms with Gasteiger partial charge in [-0.1, -0.05) is 30.3 Å². The van der Waals surface area contributed by atoms with E-state index in [4.69, 9.17) is 4.74 Å². The van der Waals surface area contributed by atoms with Crippen LogP contribution in [0, 0.1) is 11.7 Å². The molecule has 1 aromatic heterocycles. The van der Waals surface area contributed by atoms with E-state index in [0.717, 1.165) is 36.6 Å². The van der Waals surface area contributed by atoms with Crippen molar-refractivity contribution in [1.82, 2.24) is 10.2 Å². The predicted octanol–water partition coefficient (Wildman–Crippen LogP) is 4.47. The standard InChI is InChI=1S/C21H20FN3O/c22-18-8-6-15(7-9-18)19-10-11-20(25-24-19)23-14-17-12-13-26-21(17)16-4-2-1-3-5-16/h1-11,17,21H,12-14H2,(H,23,25). The van der Waals surface area contributed by atoms with E-state index in [1.165, 1.54) is 17.7 Å². The van der Waals surface area contributed by atoms with Crippen molar-refractivity contribution in [1.29, 1.82) is 0 Å². The molecule has 0 spiro atoms. The van der Waals surface area contributed by atoms with Crippen LogP contribution in [0.2, 0.25) is 0 Å². The summed E-state index contributed by atoms with van der Waals surface area (Å²) in [5.41, 5.74) is 2.79. The molecule has 132 valence electrons. The van der Waals surface area contributed by atoms with Crippen molar-refractivity contribution in [3.8, 4) is 11.3 Å². The van der Waals surface area contributed by atoms with E-state index in [-0.39, 0.29) is 11.9 Å². The van der Waals surface area contributed by atoms with E-state index in [2.05, 4.69) is 27.6 Å². The number of rotatable bonds is 5. The Balaban J connectivity index is 1.39. The molecule has 2 atom stereocenters. The molecule has 1 aliphatic heterocycles. The van der Waals surface area contributed by atoms with Crippen molar-refractivity contribution >= 4 is 5.82 Å². The summed E-state index contributed by atoms with van der Waals surface area (Å²) < 4.78 is 18.9. The van der Waals surface area contributed by atoms with Gasteiger partial charge in [-0.3, -0.25) is 0 Å². The monoisotopic (exact) mass is 349 g/mol. The molecule has 0 bridgehead atoms. The Morgan fingerprint density at radius 3 is 2.50 bits per heavy atom. The van der Waals surface area contributed by atoms with Gasteiger partial charge >= 0.3 is 0 Å². The van der Waals surface area contributed by atoms with Gasteiger partial charge in [-0.2, -0.15) is 0 Å². The van der Waals surface area contributed by atoms with Crippen LogP contribution in [0.5, 0.6) is 0 Å². The first-order chi connectivity index (χ1) is 12.8. The van der Waals surface area contributed by atoms with Crippen molar-refractivity contribution < 1.29 is 9.13 Å². The minimum atomic E-state index is -0.258.